The van der Waals surface area contributed by atoms with Gasteiger partial charge in [-0.25, -0.2) is 4.98 Å². The summed E-state index contributed by atoms with van der Waals surface area (Å²) in [5.74, 6) is 1.03. The zero-order valence-electron chi connectivity index (χ0n) is 8.67. The summed E-state index contributed by atoms with van der Waals surface area (Å²) in [6.45, 7) is 2.12. The molecule has 0 aliphatic heterocycles. The monoisotopic (exact) mass is 254 g/mol. The fourth-order valence-corrected chi connectivity index (χ4v) is 3.28. The average Bonchev–Trinajstić information content (AvgIpc) is 2.67. The Morgan fingerprint density at radius 2 is 2.38 bits per heavy atom. The summed E-state index contributed by atoms with van der Waals surface area (Å²) < 4.78 is 1.87. The van der Waals surface area contributed by atoms with Crippen LogP contribution < -0.4 is 0 Å². The highest BCUT2D eigenvalue weighted by Crippen LogP contribution is 2.31. The lowest BCUT2D eigenvalue weighted by molar-refractivity contribution is -0.384. The van der Waals surface area contributed by atoms with Gasteiger partial charge in [0.15, 0.2) is 4.34 Å². The van der Waals surface area contributed by atoms with Crippen molar-refractivity contribution in [2.75, 3.05) is 5.75 Å². The van der Waals surface area contributed by atoms with E-state index in [0.29, 0.717) is 0 Å². The van der Waals surface area contributed by atoms with Crippen LogP contribution in [0.5, 0.6) is 0 Å². The van der Waals surface area contributed by atoms with Crippen molar-refractivity contribution in [2.45, 2.75) is 17.7 Å². The molecule has 0 N–H and O–H groups in total. The molecule has 16 heavy (non-hydrogen) atoms. The largest absolute Gasteiger partial charge is 0.270 e. The van der Waals surface area contributed by atoms with Gasteiger partial charge in [0.1, 0.15) is 0 Å². The number of non-ortho nitro benzene ring substituents is 1. The van der Waals surface area contributed by atoms with Gasteiger partial charge in [-0.3, -0.25) is 10.1 Å². The van der Waals surface area contributed by atoms with Gasteiger partial charge in [0.05, 0.1) is 15.1 Å². The average molecular weight is 254 g/mol. The molecule has 0 unspecified atom stereocenters. The first-order chi connectivity index (χ1) is 7.70. The van der Waals surface area contributed by atoms with Crippen molar-refractivity contribution < 1.29 is 4.92 Å². The number of benzene rings is 1. The number of fused-ring (bicyclic) bond motifs is 1. The van der Waals surface area contributed by atoms with E-state index in [0.717, 1.165) is 26.7 Å². The van der Waals surface area contributed by atoms with Crippen molar-refractivity contribution >= 4 is 39.0 Å². The second kappa shape index (κ2) is 4.80. The maximum atomic E-state index is 10.6. The second-order valence-corrected chi connectivity index (χ2v) is 5.61. The van der Waals surface area contributed by atoms with Crippen LogP contribution in [0.15, 0.2) is 22.5 Å². The van der Waals surface area contributed by atoms with Crippen LogP contribution in [0.2, 0.25) is 0 Å². The van der Waals surface area contributed by atoms with Crippen molar-refractivity contribution in [1.82, 2.24) is 4.98 Å². The van der Waals surface area contributed by atoms with Gasteiger partial charge in [0.2, 0.25) is 0 Å². The number of thiazole rings is 1. The van der Waals surface area contributed by atoms with E-state index >= 15 is 0 Å². The molecule has 1 heterocycles. The van der Waals surface area contributed by atoms with E-state index in [1.54, 1.807) is 23.9 Å². The molecule has 0 radical (unpaired) electrons. The number of rotatable bonds is 4. The molecule has 0 bridgehead atoms. The lowest BCUT2D eigenvalue weighted by Gasteiger charge is -1.89. The Morgan fingerprint density at radius 1 is 1.56 bits per heavy atom. The first kappa shape index (κ1) is 11.3. The van der Waals surface area contributed by atoms with E-state index < -0.39 is 0 Å². The van der Waals surface area contributed by atoms with Crippen molar-refractivity contribution in [1.29, 1.82) is 0 Å². The predicted octanol–water partition coefficient (Wildman–Crippen LogP) is 3.71. The summed E-state index contributed by atoms with van der Waals surface area (Å²) in [6.07, 6.45) is 1.10. The molecule has 4 nitrogen and oxygen atoms in total. The molecule has 0 fully saturated rings. The molecule has 0 saturated carbocycles. The lowest BCUT2D eigenvalue weighted by atomic mass is 10.3. The number of nitro groups is 1. The Hall–Kier alpha value is -1.14. The van der Waals surface area contributed by atoms with Gasteiger partial charge in [0, 0.05) is 17.9 Å². The molecule has 2 rings (SSSR count). The fourth-order valence-electron chi connectivity index (χ4n) is 1.26. The van der Waals surface area contributed by atoms with Crippen molar-refractivity contribution in [2.24, 2.45) is 0 Å². The van der Waals surface area contributed by atoms with E-state index in [4.69, 9.17) is 0 Å². The second-order valence-electron chi connectivity index (χ2n) is 3.24. The summed E-state index contributed by atoms with van der Waals surface area (Å²) in [6, 6.07) is 4.79. The summed E-state index contributed by atoms with van der Waals surface area (Å²) >= 11 is 3.21. The van der Waals surface area contributed by atoms with Crippen molar-refractivity contribution in [3.05, 3.63) is 28.3 Å². The third-order valence-corrected chi connectivity index (χ3v) is 4.36. The molecule has 1 aromatic carbocycles. The highest BCUT2D eigenvalue weighted by molar-refractivity contribution is 8.01. The minimum absolute atomic E-state index is 0.128. The Kier molecular flexibility index (Phi) is 3.40. The molecule has 0 atom stereocenters. The van der Waals surface area contributed by atoms with Gasteiger partial charge in [-0.05, 0) is 12.5 Å². The number of nitro benzene ring substituents is 1. The number of aromatic nitrogens is 1. The molecule has 0 spiro atoms. The molecule has 0 amide bonds. The zero-order valence-corrected chi connectivity index (χ0v) is 10.3. The Bertz CT molecular complexity index is 525. The van der Waals surface area contributed by atoms with E-state index in [9.17, 15) is 10.1 Å². The number of hydrogen-bond acceptors (Lipinski definition) is 5. The normalized spacial score (nSPS) is 10.8. The summed E-state index contributed by atoms with van der Waals surface area (Å²) in [7, 11) is 0. The van der Waals surface area contributed by atoms with E-state index in [2.05, 4.69) is 11.9 Å². The molecule has 1 aromatic heterocycles. The molecule has 6 heteroatoms. The number of hydrogen-bond donors (Lipinski definition) is 0. The SMILES string of the molecule is CCCSc1nc2ccc([N+](=O)[O-])cc2s1. The van der Waals surface area contributed by atoms with Crippen molar-refractivity contribution in [3.8, 4) is 0 Å². The first-order valence-electron chi connectivity index (χ1n) is 4.88. The molecule has 2 aromatic rings. The molecular weight excluding hydrogens is 244 g/mol. The molecule has 0 aliphatic carbocycles. The predicted molar refractivity (Wildman–Crippen MR) is 67.3 cm³/mol. The number of thioether (sulfide) groups is 1. The third-order valence-electron chi connectivity index (χ3n) is 1.99. The van der Waals surface area contributed by atoms with Crippen LogP contribution in [-0.4, -0.2) is 15.7 Å². The first-order valence-corrected chi connectivity index (χ1v) is 6.68. The van der Waals surface area contributed by atoms with Gasteiger partial charge in [-0.15, -0.1) is 11.3 Å². The van der Waals surface area contributed by atoms with Crippen LogP contribution >= 0.6 is 23.1 Å². The standard InChI is InChI=1S/C10H10N2O2S2/c1-2-5-15-10-11-8-4-3-7(12(13)14)6-9(8)16-10/h3-4,6H,2,5H2,1H3. The van der Waals surface area contributed by atoms with Crippen LogP contribution in [-0.2, 0) is 0 Å². The minimum Gasteiger partial charge on any atom is -0.258 e. The highest BCUT2D eigenvalue weighted by Gasteiger charge is 2.09. The Labute approximate surface area is 101 Å². The Balaban J connectivity index is 2.34. The Morgan fingerprint density at radius 3 is 3.06 bits per heavy atom. The van der Waals surface area contributed by atoms with Gasteiger partial charge in [0.25, 0.3) is 5.69 Å². The van der Waals surface area contributed by atoms with Gasteiger partial charge >= 0.3 is 0 Å². The highest BCUT2D eigenvalue weighted by atomic mass is 32.2. The minimum atomic E-state index is -0.377. The van der Waals surface area contributed by atoms with Crippen molar-refractivity contribution in [3.63, 3.8) is 0 Å². The zero-order chi connectivity index (χ0) is 11.5. The summed E-state index contributed by atoms with van der Waals surface area (Å²) in [5, 5.41) is 10.6. The number of nitrogens with zero attached hydrogens (tertiary/aromatic N) is 2. The fraction of sp³-hybridized carbons (Fsp3) is 0.300. The van der Waals surface area contributed by atoms with Crippen LogP contribution in [0.4, 0.5) is 5.69 Å². The summed E-state index contributed by atoms with van der Waals surface area (Å²) in [5.41, 5.74) is 0.970. The van der Waals surface area contributed by atoms with E-state index in [1.165, 1.54) is 17.4 Å². The van der Waals surface area contributed by atoms with Gasteiger partial charge < -0.3 is 0 Å². The quantitative estimate of drug-likeness (QED) is 0.474. The van der Waals surface area contributed by atoms with E-state index in [-0.39, 0.29) is 10.6 Å². The molecule has 84 valence electrons. The summed E-state index contributed by atoms with van der Waals surface area (Å²) in [4.78, 5) is 14.6. The van der Waals surface area contributed by atoms with Crippen LogP contribution in [0.3, 0.4) is 0 Å². The van der Waals surface area contributed by atoms with Gasteiger partial charge in [-0.2, -0.15) is 0 Å². The maximum Gasteiger partial charge on any atom is 0.270 e. The van der Waals surface area contributed by atoms with Crippen LogP contribution in [0, 0.1) is 10.1 Å². The molecule has 0 aliphatic rings. The topological polar surface area (TPSA) is 56.0 Å². The molecular formula is C10H10N2O2S2. The smallest absolute Gasteiger partial charge is 0.258 e. The van der Waals surface area contributed by atoms with Crippen LogP contribution in [0.25, 0.3) is 10.2 Å². The van der Waals surface area contributed by atoms with Crippen LogP contribution in [0.1, 0.15) is 13.3 Å². The van der Waals surface area contributed by atoms with Gasteiger partial charge in [-0.1, -0.05) is 18.7 Å². The maximum absolute atomic E-state index is 10.6. The third kappa shape index (κ3) is 2.33. The van der Waals surface area contributed by atoms with E-state index in [1.807, 2.05) is 0 Å². The lowest BCUT2D eigenvalue weighted by Crippen LogP contribution is -1.85. The molecule has 0 saturated heterocycles.